The Labute approximate surface area is 118 Å². The Hall–Kier alpha value is -1.50. The van der Waals surface area contributed by atoms with Crippen LogP contribution in [0.15, 0.2) is 34.7 Å². The van der Waals surface area contributed by atoms with E-state index in [0.29, 0.717) is 12.4 Å². The van der Waals surface area contributed by atoms with Gasteiger partial charge in [0.2, 0.25) is 5.76 Å². The van der Waals surface area contributed by atoms with Gasteiger partial charge in [-0.3, -0.25) is 0 Å². The number of carboxylic acid groups (broad SMARTS) is 1. The van der Waals surface area contributed by atoms with E-state index in [2.05, 4.69) is 22.6 Å². The van der Waals surface area contributed by atoms with Gasteiger partial charge in [-0.25, -0.2) is 4.79 Å². The zero-order chi connectivity index (χ0) is 13.1. The molecule has 0 saturated heterocycles. The molecule has 5 heteroatoms. The standard InChI is InChI=1S/C13H11IO4/c1-8-9(6-12(18-8)13(15)16)7-17-11-4-2-10(14)3-5-11/h2-6H,7H2,1H3,(H,15,16). The first-order valence-corrected chi connectivity index (χ1v) is 6.35. The summed E-state index contributed by atoms with van der Waals surface area (Å²) in [5.41, 5.74) is 0.742. The van der Waals surface area contributed by atoms with E-state index in [1.807, 2.05) is 24.3 Å². The van der Waals surface area contributed by atoms with Gasteiger partial charge in [-0.05, 0) is 59.8 Å². The molecule has 1 N–H and O–H groups in total. The van der Waals surface area contributed by atoms with E-state index >= 15 is 0 Å². The third-order valence-electron chi connectivity index (χ3n) is 2.44. The molecule has 0 fully saturated rings. The van der Waals surface area contributed by atoms with E-state index in [1.165, 1.54) is 6.07 Å². The molecule has 2 aromatic rings. The molecule has 0 unspecified atom stereocenters. The van der Waals surface area contributed by atoms with E-state index in [-0.39, 0.29) is 5.76 Å². The van der Waals surface area contributed by atoms with Crippen molar-refractivity contribution in [2.45, 2.75) is 13.5 Å². The predicted octanol–water partition coefficient (Wildman–Crippen LogP) is 3.47. The van der Waals surface area contributed by atoms with E-state index in [4.69, 9.17) is 14.3 Å². The van der Waals surface area contributed by atoms with Crippen molar-refractivity contribution in [1.29, 1.82) is 0 Å². The molecule has 2 rings (SSSR count). The summed E-state index contributed by atoms with van der Waals surface area (Å²) in [4.78, 5) is 10.7. The monoisotopic (exact) mass is 358 g/mol. The molecular weight excluding hydrogens is 347 g/mol. The molecule has 0 aliphatic rings. The molecular formula is C13H11IO4. The Morgan fingerprint density at radius 1 is 1.39 bits per heavy atom. The molecule has 0 aliphatic heterocycles. The van der Waals surface area contributed by atoms with Crippen LogP contribution in [-0.2, 0) is 6.61 Å². The van der Waals surface area contributed by atoms with Crippen LogP contribution >= 0.6 is 22.6 Å². The molecule has 0 radical (unpaired) electrons. The number of ether oxygens (including phenoxy) is 1. The third kappa shape index (κ3) is 3.04. The Kier molecular flexibility index (Phi) is 3.90. The fourth-order valence-electron chi connectivity index (χ4n) is 1.46. The number of aryl methyl sites for hydroxylation is 1. The van der Waals surface area contributed by atoms with Gasteiger partial charge in [0.05, 0.1) is 0 Å². The van der Waals surface area contributed by atoms with Crippen LogP contribution in [0.5, 0.6) is 5.75 Å². The molecule has 0 spiro atoms. The van der Waals surface area contributed by atoms with Crippen LogP contribution in [0.3, 0.4) is 0 Å². The number of benzene rings is 1. The number of furan rings is 1. The van der Waals surface area contributed by atoms with Gasteiger partial charge in [-0.15, -0.1) is 0 Å². The topological polar surface area (TPSA) is 59.7 Å². The zero-order valence-corrected chi connectivity index (χ0v) is 11.8. The number of aromatic carboxylic acids is 1. The summed E-state index contributed by atoms with van der Waals surface area (Å²) in [6, 6.07) is 9.12. The van der Waals surface area contributed by atoms with Crippen LogP contribution < -0.4 is 4.74 Å². The van der Waals surface area contributed by atoms with Crippen molar-refractivity contribution in [3.63, 3.8) is 0 Å². The van der Waals surface area contributed by atoms with Crippen molar-refractivity contribution in [2.24, 2.45) is 0 Å². The minimum atomic E-state index is -1.07. The molecule has 0 bridgehead atoms. The zero-order valence-electron chi connectivity index (χ0n) is 9.64. The van der Waals surface area contributed by atoms with Crippen LogP contribution in [0, 0.1) is 10.5 Å². The highest BCUT2D eigenvalue weighted by atomic mass is 127. The van der Waals surface area contributed by atoms with Gasteiger partial charge >= 0.3 is 5.97 Å². The highest BCUT2D eigenvalue weighted by Gasteiger charge is 2.13. The second-order valence-electron chi connectivity index (χ2n) is 3.74. The van der Waals surface area contributed by atoms with Gasteiger partial charge in [0.1, 0.15) is 18.1 Å². The number of hydrogen-bond donors (Lipinski definition) is 1. The summed E-state index contributed by atoms with van der Waals surface area (Å²) in [7, 11) is 0. The van der Waals surface area contributed by atoms with E-state index in [1.54, 1.807) is 6.92 Å². The molecule has 94 valence electrons. The molecule has 0 aliphatic carbocycles. The largest absolute Gasteiger partial charge is 0.489 e. The van der Waals surface area contributed by atoms with Crippen LogP contribution in [0.1, 0.15) is 21.9 Å². The van der Waals surface area contributed by atoms with Crippen molar-refractivity contribution in [3.05, 3.63) is 51.0 Å². The first kappa shape index (κ1) is 12.9. The normalized spacial score (nSPS) is 10.3. The molecule has 4 nitrogen and oxygen atoms in total. The van der Waals surface area contributed by atoms with Crippen LogP contribution in [0.25, 0.3) is 0 Å². The summed E-state index contributed by atoms with van der Waals surface area (Å²) < 4.78 is 11.8. The molecule has 1 heterocycles. The van der Waals surface area contributed by atoms with Crippen molar-refractivity contribution in [1.82, 2.24) is 0 Å². The minimum Gasteiger partial charge on any atom is -0.489 e. The molecule has 0 amide bonds. The lowest BCUT2D eigenvalue weighted by atomic mass is 10.2. The maximum absolute atomic E-state index is 10.7. The lowest BCUT2D eigenvalue weighted by molar-refractivity contribution is 0.0661. The predicted molar refractivity (Wildman–Crippen MR) is 73.9 cm³/mol. The summed E-state index contributed by atoms with van der Waals surface area (Å²) in [5, 5.41) is 8.80. The van der Waals surface area contributed by atoms with Gasteiger partial charge in [0, 0.05) is 9.13 Å². The highest BCUT2D eigenvalue weighted by Crippen LogP contribution is 2.19. The van der Waals surface area contributed by atoms with Gasteiger partial charge in [0.25, 0.3) is 0 Å². The quantitative estimate of drug-likeness (QED) is 0.851. The maximum Gasteiger partial charge on any atom is 0.371 e. The average molecular weight is 358 g/mol. The Morgan fingerprint density at radius 3 is 2.61 bits per heavy atom. The first-order valence-electron chi connectivity index (χ1n) is 5.27. The fraction of sp³-hybridized carbons (Fsp3) is 0.154. The van der Waals surface area contributed by atoms with Gasteiger partial charge in [0.15, 0.2) is 0 Å². The lowest BCUT2D eigenvalue weighted by Gasteiger charge is -2.04. The second kappa shape index (κ2) is 5.43. The number of halogens is 1. The van der Waals surface area contributed by atoms with E-state index in [0.717, 1.165) is 14.9 Å². The fourth-order valence-corrected chi connectivity index (χ4v) is 1.82. The van der Waals surface area contributed by atoms with E-state index < -0.39 is 5.97 Å². The Balaban J connectivity index is 2.06. The van der Waals surface area contributed by atoms with Crippen LogP contribution in [0.4, 0.5) is 0 Å². The summed E-state index contributed by atoms with van der Waals surface area (Å²) >= 11 is 2.22. The van der Waals surface area contributed by atoms with Gasteiger partial charge < -0.3 is 14.3 Å². The van der Waals surface area contributed by atoms with Crippen molar-refractivity contribution < 1.29 is 19.1 Å². The third-order valence-corrected chi connectivity index (χ3v) is 3.16. The Bertz CT molecular complexity index is 557. The van der Waals surface area contributed by atoms with Crippen molar-refractivity contribution in [2.75, 3.05) is 0 Å². The molecule has 18 heavy (non-hydrogen) atoms. The highest BCUT2D eigenvalue weighted by molar-refractivity contribution is 14.1. The van der Waals surface area contributed by atoms with Crippen LogP contribution in [-0.4, -0.2) is 11.1 Å². The van der Waals surface area contributed by atoms with Gasteiger partial charge in [-0.2, -0.15) is 0 Å². The summed E-state index contributed by atoms with van der Waals surface area (Å²) in [6.45, 7) is 2.02. The van der Waals surface area contributed by atoms with E-state index in [9.17, 15) is 4.79 Å². The van der Waals surface area contributed by atoms with Gasteiger partial charge in [-0.1, -0.05) is 0 Å². The van der Waals surface area contributed by atoms with Crippen molar-refractivity contribution in [3.8, 4) is 5.75 Å². The number of carboxylic acids is 1. The second-order valence-corrected chi connectivity index (χ2v) is 4.99. The molecule has 1 aromatic carbocycles. The minimum absolute atomic E-state index is 0.0614. The molecule has 0 saturated carbocycles. The SMILES string of the molecule is Cc1oc(C(=O)O)cc1COc1ccc(I)cc1. The Morgan fingerprint density at radius 2 is 2.06 bits per heavy atom. The molecule has 0 atom stereocenters. The number of rotatable bonds is 4. The smallest absolute Gasteiger partial charge is 0.371 e. The number of carbonyl (C=O) groups is 1. The molecule has 1 aromatic heterocycles. The van der Waals surface area contributed by atoms with Crippen LogP contribution in [0.2, 0.25) is 0 Å². The maximum atomic E-state index is 10.7. The average Bonchev–Trinajstić information content (AvgIpc) is 2.70. The first-order chi connectivity index (χ1) is 8.56. The lowest BCUT2D eigenvalue weighted by Crippen LogP contribution is -1.96. The van der Waals surface area contributed by atoms with Crippen molar-refractivity contribution >= 4 is 28.6 Å². The number of hydrogen-bond acceptors (Lipinski definition) is 3. The summed E-state index contributed by atoms with van der Waals surface area (Å²) in [6.07, 6.45) is 0. The summed E-state index contributed by atoms with van der Waals surface area (Å²) in [5.74, 6) is 0.179.